The van der Waals surface area contributed by atoms with E-state index in [9.17, 15) is 22.8 Å². The Labute approximate surface area is 241 Å². The van der Waals surface area contributed by atoms with E-state index >= 15 is 0 Å². The van der Waals surface area contributed by atoms with Gasteiger partial charge < -0.3 is 16.0 Å². The number of nitrogens with zero attached hydrogens (tertiary/aromatic N) is 5. The zero-order valence-electron chi connectivity index (χ0n) is 22.0. The van der Waals surface area contributed by atoms with Gasteiger partial charge in [-0.3, -0.25) is 14.6 Å². The van der Waals surface area contributed by atoms with E-state index in [2.05, 4.69) is 40.3 Å². The van der Waals surface area contributed by atoms with Crippen LogP contribution in [0.2, 0.25) is 0 Å². The van der Waals surface area contributed by atoms with Gasteiger partial charge in [-0.05, 0) is 79.5 Å². The number of anilines is 4. The van der Waals surface area contributed by atoms with E-state index in [1.54, 1.807) is 55.8 Å². The summed E-state index contributed by atoms with van der Waals surface area (Å²) in [6.07, 6.45) is 0.0940. The maximum atomic E-state index is 13.9. The molecule has 0 fully saturated rings. The molecule has 3 aromatic heterocycles. The average Bonchev–Trinajstić information content (AvgIpc) is 3.41. The maximum Gasteiger partial charge on any atom is 0.418 e. The third kappa shape index (κ3) is 6.55. The van der Waals surface area contributed by atoms with Crippen LogP contribution in [0.4, 0.5) is 36.2 Å². The lowest BCUT2D eigenvalue weighted by molar-refractivity contribution is -0.136. The number of carbonyl (C=O) groups excluding carboxylic acids is 2. The van der Waals surface area contributed by atoms with E-state index in [4.69, 9.17) is 0 Å². The highest BCUT2D eigenvalue weighted by Crippen LogP contribution is 2.37. The minimum atomic E-state index is -4.82. The first-order valence-corrected chi connectivity index (χ1v) is 13.1. The molecule has 0 aliphatic carbocycles. The number of halogens is 3. The van der Waals surface area contributed by atoms with Gasteiger partial charge in [0.2, 0.25) is 11.8 Å². The number of benzene rings is 2. The summed E-state index contributed by atoms with van der Waals surface area (Å²) in [6, 6.07) is 13.2. The van der Waals surface area contributed by atoms with Crippen LogP contribution in [0, 0.1) is 13.8 Å². The molecule has 0 bridgehead atoms. The molecule has 2 amide bonds. The van der Waals surface area contributed by atoms with Crippen molar-refractivity contribution in [3.8, 4) is 11.3 Å². The standard InChI is InChI=1S/C28H21F3N8O2S/c1-15-5-6-17(12-23(15)38-27-33-11-9-21(37-27)18-4-3-10-32-14-18)25(40)35-19-7-8-22(20(13-19)28(29,30)31)36-26(41)24-34-16(2)42-39-24/h3-14H,1-2H3,(H,35,40)(H,36,41)(H,33,37,38). The van der Waals surface area contributed by atoms with E-state index in [0.717, 1.165) is 34.8 Å². The molecule has 212 valence electrons. The highest BCUT2D eigenvalue weighted by molar-refractivity contribution is 7.05. The maximum absolute atomic E-state index is 13.9. The predicted octanol–water partition coefficient (Wildman–Crippen LogP) is 6.27. The predicted molar refractivity (Wildman–Crippen MR) is 152 cm³/mol. The Hall–Kier alpha value is -5.24. The third-order valence-electron chi connectivity index (χ3n) is 5.92. The molecule has 0 saturated heterocycles. The van der Waals surface area contributed by atoms with E-state index in [1.807, 2.05) is 13.0 Å². The van der Waals surface area contributed by atoms with Crippen LogP contribution in [0.5, 0.6) is 0 Å². The van der Waals surface area contributed by atoms with Gasteiger partial charge in [0, 0.05) is 41.1 Å². The molecule has 3 N–H and O–H groups in total. The molecule has 10 nitrogen and oxygen atoms in total. The minimum absolute atomic E-state index is 0.115. The zero-order valence-corrected chi connectivity index (χ0v) is 22.8. The average molecular weight is 591 g/mol. The van der Waals surface area contributed by atoms with E-state index in [0.29, 0.717) is 16.4 Å². The molecule has 0 radical (unpaired) electrons. The first-order chi connectivity index (χ1) is 20.1. The van der Waals surface area contributed by atoms with Crippen LogP contribution in [0.25, 0.3) is 11.3 Å². The number of aryl methyl sites for hydroxylation is 2. The summed E-state index contributed by atoms with van der Waals surface area (Å²) in [4.78, 5) is 42.1. The van der Waals surface area contributed by atoms with Crippen LogP contribution >= 0.6 is 11.5 Å². The quantitative estimate of drug-likeness (QED) is 0.202. The second kappa shape index (κ2) is 11.7. The summed E-state index contributed by atoms with van der Waals surface area (Å²) in [5, 5.41) is 8.27. The number of pyridine rings is 1. The van der Waals surface area contributed by atoms with Crippen molar-refractivity contribution in [2.45, 2.75) is 20.0 Å². The number of carbonyl (C=O) groups is 2. The summed E-state index contributed by atoms with van der Waals surface area (Å²) in [5.74, 6) is -1.47. The lowest BCUT2D eigenvalue weighted by Gasteiger charge is -2.16. The molecule has 0 atom stereocenters. The topological polar surface area (TPSA) is 135 Å². The number of aromatic nitrogens is 5. The Bertz CT molecular complexity index is 1780. The van der Waals surface area contributed by atoms with Crippen molar-refractivity contribution in [1.82, 2.24) is 24.3 Å². The van der Waals surface area contributed by atoms with Crippen LogP contribution in [-0.2, 0) is 6.18 Å². The van der Waals surface area contributed by atoms with Gasteiger partial charge in [-0.15, -0.1) is 0 Å². The molecule has 14 heteroatoms. The Kier molecular flexibility index (Phi) is 7.88. The number of nitrogens with one attached hydrogen (secondary N) is 3. The normalized spacial score (nSPS) is 11.2. The largest absolute Gasteiger partial charge is 0.418 e. The molecule has 0 aliphatic rings. The van der Waals surface area contributed by atoms with Crippen molar-refractivity contribution in [1.29, 1.82) is 0 Å². The first-order valence-electron chi connectivity index (χ1n) is 12.3. The second-order valence-electron chi connectivity index (χ2n) is 8.97. The first kappa shape index (κ1) is 28.3. The zero-order chi connectivity index (χ0) is 29.9. The van der Waals surface area contributed by atoms with Crippen LogP contribution in [0.3, 0.4) is 0 Å². The number of hydrogen-bond acceptors (Lipinski definition) is 9. The highest BCUT2D eigenvalue weighted by Gasteiger charge is 2.35. The van der Waals surface area contributed by atoms with Gasteiger partial charge in [-0.2, -0.15) is 17.5 Å². The van der Waals surface area contributed by atoms with Crippen molar-refractivity contribution >= 4 is 46.4 Å². The van der Waals surface area contributed by atoms with Crippen LogP contribution in [0.15, 0.2) is 73.2 Å². The summed E-state index contributed by atoms with van der Waals surface area (Å²) in [7, 11) is 0. The van der Waals surface area contributed by atoms with Gasteiger partial charge >= 0.3 is 6.18 Å². The molecule has 42 heavy (non-hydrogen) atoms. The van der Waals surface area contributed by atoms with Crippen LogP contribution < -0.4 is 16.0 Å². The summed E-state index contributed by atoms with van der Waals surface area (Å²) >= 11 is 0.957. The Morgan fingerprint density at radius 3 is 2.43 bits per heavy atom. The number of amides is 2. The highest BCUT2D eigenvalue weighted by atomic mass is 32.1. The van der Waals surface area contributed by atoms with Gasteiger partial charge in [-0.25, -0.2) is 15.0 Å². The molecule has 0 unspecified atom stereocenters. The molecule has 0 saturated carbocycles. The summed E-state index contributed by atoms with van der Waals surface area (Å²) < 4.78 is 45.4. The molecule has 5 aromatic rings. The van der Waals surface area contributed by atoms with Crippen molar-refractivity contribution in [3.63, 3.8) is 0 Å². The molecule has 2 aromatic carbocycles. The molecule has 5 rings (SSSR count). The molecule has 0 aliphatic heterocycles. The molecular weight excluding hydrogens is 569 g/mol. The minimum Gasteiger partial charge on any atom is -0.324 e. The van der Waals surface area contributed by atoms with Crippen LogP contribution in [-0.4, -0.2) is 36.1 Å². The Balaban J connectivity index is 1.34. The van der Waals surface area contributed by atoms with Crippen molar-refractivity contribution in [3.05, 3.63) is 101 Å². The van der Waals surface area contributed by atoms with Crippen LogP contribution in [0.1, 0.15) is 37.1 Å². The van der Waals surface area contributed by atoms with Gasteiger partial charge in [0.1, 0.15) is 5.01 Å². The fourth-order valence-electron chi connectivity index (χ4n) is 3.85. The van der Waals surface area contributed by atoms with Gasteiger partial charge in [0.15, 0.2) is 0 Å². The van der Waals surface area contributed by atoms with Crippen molar-refractivity contribution in [2.75, 3.05) is 16.0 Å². The Morgan fingerprint density at radius 2 is 1.71 bits per heavy atom. The van der Waals surface area contributed by atoms with Crippen molar-refractivity contribution < 1.29 is 22.8 Å². The van der Waals surface area contributed by atoms with E-state index in [-0.39, 0.29) is 23.0 Å². The Morgan fingerprint density at radius 1 is 0.881 bits per heavy atom. The molecule has 0 spiro atoms. The SMILES string of the molecule is Cc1nc(C(=O)Nc2ccc(NC(=O)c3ccc(C)c(Nc4nccc(-c5cccnc5)n4)c3)cc2C(F)(F)F)ns1. The smallest absolute Gasteiger partial charge is 0.324 e. The fourth-order valence-corrected chi connectivity index (χ4v) is 4.32. The number of hydrogen-bond donors (Lipinski definition) is 3. The summed E-state index contributed by atoms with van der Waals surface area (Å²) in [6.45, 7) is 3.44. The fraction of sp³-hybridized carbons (Fsp3) is 0.107. The lowest BCUT2D eigenvalue weighted by atomic mass is 10.1. The second-order valence-corrected chi connectivity index (χ2v) is 9.92. The van der Waals surface area contributed by atoms with Gasteiger partial charge in [-0.1, -0.05) is 6.07 Å². The lowest BCUT2D eigenvalue weighted by Crippen LogP contribution is -2.19. The monoisotopic (exact) mass is 590 g/mol. The number of rotatable bonds is 7. The third-order valence-corrected chi connectivity index (χ3v) is 6.54. The molecule has 3 heterocycles. The van der Waals surface area contributed by atoms with E-state index in [1.165, 1.54) is 6.07 Å². The van der Waals surface area contributed by atoms with E-state index < -0.39 is 29.2 Å². The van der Waals surface area contributed by atoms with Gasteiger partial charge in [0.05, 0.1) is 16.9 Å². The van der Waals surface area contributed by atoms with Gasteiger partial charge in [0.25, 0.3) is 11.8 Å². The summed E-state index contributed by atoms with van der Waals surface area (Å²) in [5.41, 5.74) is 1.19. The number of alkyl halides is 3. The van der Waals surface area contributed by atoms with Crippen molar-refractivity contribution in [2.24, 2.45) is 0 Å². The molecular formula is C28H21F3N8O2S.